The molecule has 6 nitrogen and oxygen atoms in total. The number of halogens is 3. The summed E-state index contributed by atoms with van der Waals surface area (Å²) < 4.78 is 7.28. The smallest absolute Gasteiger partial charge is 0.337 e. The third kappa shape index (κ3) is 4.39. The second-order valence-corrected chi connectivity index (χ2v) is 8.25. The van der Waals surface area contributed by atoms with Gasteiger partial charge in [0, 0.05) is 10.0 Å². The van der Waals surface area contributed by atoms with Gasteiger partial charge in [0.2, 0.25) is 0 Å². The Balaban J connectivity index is 2.04. The summed E-state index contributed by atoms with van der Waals surface area (Å²) in [6.45, 7) is 4.05. The second-order valence-electron chi connectivity index (χ2n) is 6.07. The van der Waals surface area contributed by atoms with E-state index in [0.29, 0.717) is 34.9 Å². The molecule has 150 valence electrons. The molecule has 0 fully saturated rings. The molecule has 0 bridgehead atoms. The molecule has 0 saturated heterocycles. The molecule has 0 atom stereocenters. The molecule has 2 aromatic carbocycles. The Labute approximate surface area is 189 Å². The highest BCUT2D eigenvalue weighted by atomic mass is 79.9. The summed E-state index contributed by atoms with van der Waals surface area (Å²) in [6, 6.07) is 8.00. The summed E-state index contributed by atoms with van der Waals surface area (Å²) in [4.78, 5) is 24.4. The lowest BCUT2D eigenvalue weighted by Gasteiger charge is -2.13. The second kappa shape index (κ2) is 8.69. The maximum absolute atomic E-state index is 13.0. The maximum atomic E-state index is 13.0. The fraction of sp³-hybridized carbons (Fsp3) is 0.150. The van der Waals surface area contributed by atoms with Crippen molar-refractivity contribution in [3.63, 3.8) is 0 Å². The highest BCUT2D eigenvalue weighted by molar-refractivity contribution is 9.11. The standard InChI is InChI=1S/C20H15Br2ClN2O4/c1-3-29-18-11(6-12(21)8-16(18)22)7-14-10(2)24-25(19(14)26)13-4-5-17(23)15(9-13)20(27)28/h4-9H,3H2,1-2H3,(H,27,28)/b14-7-. The molecule has 0 saturated carbocycles. The van der Waals surface area contributed by atoms with E-state index in [0.717, 1.165) is 14.0 Å². The zero-order chi connectivity index (χ0) is 21.3. The van der Waals surface area contributed by atoms with Crippen molar-refractivity contribution in [3.05, 3.63) is 61.0 Å². The number of benzene rings is 2. The van der Waals surface area contributed by atoms with E-state index in [1.165, 1.54) is 12.1 Å². The molecular weight excluding hydrogens is 527 g/mol. The van der Waals surface area contributed by atoms with Crippen molar-refractivity contribution in [2.75, 3.05) is 11.6 Å². The molecule has 3 rings (SSSR count). The largest absolute Gasteiger partial charge is 0.492 e. The molecule has 1 heterocycles. The predicted molar refractivity (Wildman–Crippen MR) is 120 cm³/mol. The zero-order valence-electron chi connectivity index (χ0n) is 15.4. The monoisotopic (exact) mass is 540 g/mol. The summed E-state index contributed by atoms with van der Waals surface area (Å²) in [5.74, 6) is -0.943. The Morgan fingerprint density at radius 3 is 2.69 bits per heavy atom. The first kappa shape index (κ1) is 21.5. The van der Waals surface area contributed by atoms with Crippen molar-refractivity contribution in [1.82, 2.24) is 0 Å². The number of carboxylic acids is 1. The number of amides is 1. The molecule has 0 aliphatic carbocycles. The van der Waals surface area contributed by atoms with Crippen molar-refractivity contribution in [2.45, 2.75) is 13.8 Å². The summed E-state index contributed by atoms with van der Waals surface area (Å²) in [7, 11) is 0. The van der Waals surface area contributed by atoms with E-state index in [4.69, 9.17) is 16.3 Å². The van der Waals surface area contributed by atoms with Crippen molar-refractivity contribution in [3.8, 4) is 5.75 Å². The highest BCUT2D eigenvalue weighted by Crippen LogP contribution is 2.36. The molecule has 0 aromatic heterocycles. The van der Waals surface area contributed by atoms with Crippen LogP contribution in [0.25, 0.3) is 6.08 Å². The van der Waals surface area contributed by atoms with Gasteiger partial charge >= 0.3 is 5.97 Å². The molecular formula is C20H15Br2ClN2O4. The van der Waals surface area contributed by atoms with Gasteiger partial charge in [-0.3, -0.25) is 4.79 Å². The molecule has 0 spiro atoms. The highest BCUT2D eigenvalue weighted by Gasteiger charge is 2.30. The Morgan fingerprint density at radius 2 is 2.03 bits per heavy atom. The lowest BCUT2D eigenvalue weighted by atomic mass is 10.1. The number of carboxylic acid groups (broad SMARTS) is 1. The Hall–Kier alpha value is -2.16. The molecule has 9 heteroatoms. The van der Waals surface area contributed by atoms with Gasteiger partial charge in [-0.1, -0.05) is 27.5 Å². The molecule has 0 unspecified atom stereocenters. The lowest BCUT2D eigenvalue weighted by molar-refractivity contribution is -0.114. The van der Waals surface area contributed by atoms with Crippen LogP contribution in [-0.4, -0.2) is 29.3 Å². The number of anilines is 1. The number of nitrogens with zero attached hydrogens (tertiary/aromatic N) is 2. The van der Waals surface area contributed by atoms with Gasteiger partial charge in [-0.2, -0.15) is 10.1 Å². The van der Waals surface area contributed by atoms with Crippen molar-refractivity contribution < 1.29 is 19.4 Å². The van der Waals surface area contributed by atoms with Crippen LogP contribution in [0.2, 0.25) is 5.02 Å². The minimum absolute atomic E-state index is 0.0877. The first-order valence-corrected chi connectivity index (χ1v) is 10.5. The lowest BCUT2D eigenvalue weighted by Crippen LogP contribution is -2.21. The van der Waals surface area contributed by atoms with Gasteiger partial charge < -0.3 is 9.84 Å². The third-order valence-corrected chi connectivity index (χ3v) is 5.49. The number of rotatable bonds is 5. The fourth-order valence-electron chi connectivity index (χ4n) is 2.81. The number of hydrazone groups is 1. The third-order valence-electron chi connectivity index (χ3n) is 4.11. The number of aromatic carboxylic acids is 1. The van der Waals surface area contributed by atoms with Gasteiger partial charge in [0.05, 0.1) is 38.6 Å². The fourth-order valence-corrected chi connectivity index (χ4v) is 4.38. The van der Waals surface area contributed by atoms with Crippen molar-refractivity contribution in [2.24, 2.45) is 5.10 Å². The summed E-state index contributed by atoms with van der Waals surface area (Å²) in [5.41, 5.74) is 1.80. The Kier molecular flexibility index (Phi) is 6.45. The van der Waals surface area contributed by atoms with E-state index in [1.807, 2.05) is 19.1 Å². The quantitative estimate of drug-likeness (QED) is 0.487. The van der Waals surface area contributed by atoms with Crippen molar-refractivity contribution in [1.29, 1.82) is 0 Å². The summed E-state index contributed by atoms with van der Waals surface area (Å²) in [5, 5.41) is 14.8. The van der Waals surface area contributed by atoms with Gasteiger partial charge in [0.25, 0.3) is 5.91 Å². The van der Waals surface area contributed by atoms with Crippen molar-refractivity contribution >= 4 is 72.8 Å². The van der Waals surface area contributed by atoms with Crippen LogP contribution in [0.3, 0.4) is 0 Å². The minimum atomic E-state index is -1.18. The average Bonchev–Trinajstić information content (AvgIpc) is 2.93. The molecule has 2 aromatic rings. The molecule has 1 amide bonds. The predicted octanol–water partition coefficient (Wildman–Crippen LogP) is 5.77. The Morgan fingerprint density at radius 1 is 1.31 bits per heavy atom. The number of carbonyl (C=O) groups is 2. The van der Waals surface area contributed by atoms with E-state index >= 15 is 0 Å². The van der Waals surface area contributed by atoms with E-state index in [1.54, 1.807) is 19.1 Å². The minimum Gasteiger partial charge on any atom is -0.492 e. The number of ether oxygens (including phenoxy) is 1. The average molecular weight is 543 g/mol. The van der Waals surface area contributed by atoms with Gasteiger partial charge in [0.1, 0.15) is 5.75 Å². The van der Waals surface area contributed by atoms with Gasteiger partial charge in [-0.15, -0.1) is 0 Å². The summed E-state index contributed by atoms with van der Waals surface area (Å²) in [6.07, 6.45) is 1.70. The van der Waals surface area contributed by atoms with Crippen LogP contribution in [0.4, 0.5) is 5.69 Å². The van der Waals surface area contributed by atoms with Gasteiger partial charge in [0.15, 0.2) is 0 Å². The number of hydrogen-bond donors (Lipinski definition) is 1. The van der Waals surface area contributed by atoms with Crippen LogP contribution in [0.15, 0.2) is 50.0 Å². The SMILES string of the molecule is CCOc1c(Br)cc(Br)cc1/C=C1\C(=O)N(c2ccc(Cl)c(C(=O)O)c2)N=C1C. The van der Waals surface area contributed by atoms with E-state index in [9.17, 15) is 14.7 Å². The van der Waals surface area contributed by atoms with E-state index < -0.39 is 5.97 Å². The molecule has 1 aliphatic heterocycles. The molecule has 1 N–H and O–H groups in total. The van der Waals surface area contributed by atoms with E-state index in [-0.39, 0.29) is 16.5 Å². The summed E-state index contributed by atoms with van der Waals surface area (Å²) >= 11 is 12.8. The van der Waals surface area contributed by atoms with E-state index in [2.05, 4.69) is 37.0 Å². The maximum Gasteiger partial charge on any atom is 0.337 e. The molecule has 29 heavy (non-hydrogen) atoms. The van der Waals surface area contributed by atoms with Crippen LogP contribution in [-0.2, 0) is 4.79 Å². The number of carbonyl (C=O) groups excluding carboxylic acids is 1. The van der Waals surface area contributed by atoms with Crippen LogP contribution in [0.5, 0.6) is 5.75 Å². The first-order valence-electron chi connectivity index (χ1n) is 8.49. The zero-order valence-corrected chi connectivity index (χ0v) is 19.3. The number of hydrogen-bond acceptors (Lipinski definition) is 4. The Bertz CT molecular complexity index is 1080. The molecule has 1 aliphatic rings. The molecule has 0 radical (unpaired) electrons. The van der Waals surface area contributed by atoms with Gasteiger partial charge in [-0.05, 0) is 66.2 Å². The van der Waals surface area contributed by atoms with Crippen LogP contribution < -0.4 is 9.75 Å². The van der Waals surface area contributed by atoms with Gasteiger partial charge in [-0.25, -0.2) is 4.79 Å². The van der Waals surface area contributed by atoms with Crippen LogP contribution >= 0.6 is 43.5 Å². The van der Waals surface area contributed by atoms with Crippen LogP contribution in [0.1, 0.15) is 29.8 Å². The normalized spacial score (nSPS) is 15.1. The topological polar surface area (TPSA) is 79.2 Å². The van der Waals surface area contributed by atoms with Crippen LogP contribution in [0, 0.1) is 0 Å². The first-order chi connectivity index (χ1) is 13.7.